The van der Waals surface area contributed by atoms with Gasteiger partial charge in [0.05, 0.1) is 13.2 Å². The first-order chi connectivity index (χ1) is 24.7. The smallest absolute Gasteiger partial charge is 0.306 e. The molecule has 4 heteroatoms. The van der Waals surface area contributed by atoms with Crippen LogP contribution in [0.1, 0.15) is 251 Å². The molecule has 0 aliphatic rings. The van der Waals surface area contributed by atoms with Crippen LogP contribution in [0, 0.1) is 0 Å². The molecule has 0 aromatic carbocycles. The van der Waals surface area contributed by atoms with Gasteiger partial charge in [-0.2, -0.15) is 0 Å². The Labute approximate surface area is 314 Å². The van der Waals surface area contributed by atoms with Gasteiger partial charge in [0.15, 0.2) is 0 Å². The molecule has 0 aliphatic heterocycles. The fourth-order valence-electron chi connectivity index (χ4n) is 6.91. The number of hydrogen-bond acceptors (Lipinski definition) is 4. The molecule has 1 atom stereocenters. The van der Waals surface area contributed by atoms with Crippen molar-refractivity contribution >= 4 is 5.97 Å². The van der Waals surface area contributed by atoms with E-state index in [1.54, 1.807) is 0 Å². The minimum atomic E-state index is -0.531. The highest BCUT2D eigenvalue weighted by Crippen LogP contribution is 2.16. The van der Waals surface area contributed by atoms with Gasteiger partial charge in [-0.15, -0.1) is 0 Å². The third-order valence-electron chi connectivity index (χ3n) is 10.3. The molecule has 0 aliphatic carbocycles. The van der Waals surface area contributed by atoms with Crippen molar-refractivity contribution in [1.82, 2.24) is 0 Å². The van der Waals surface area contributed by atoms with Crippen LogP contribution in [-0.2, 0) is 14.3 Å². The third kappa shape index (κ3) is 41.5. The number of aliphatic hydroxyl groups is 1. The molecule has 4 nitrogen and oxygen atoms in total. The number of allylic oxidation sites excluding steroid dienone is 2. The Morgan fingerprint density at radius 1 is 0.460 bits per heavy atom. The van der Waals surface area contributed by atoms with Gasteiger partial charge in [0.2, 0.25) is 0 Å². The second-order valence-corrected chi connectivity index (χ2v) is 15.5. The van der Waals surface area contributed by atoms with Gasteiger partial charge in [0, 0.05) is 13.0 Å². The van der Waals surface area contributed by atoms with Crippen molar-refractivity contribution in [2.75, 3.05) is 19.8 Å². The predicted molar refractivity (Wildman–Crippen MR) is 219 cm³/mol. The molecule has 1 N–H and O–H groups in total. The molecule has 1 unspecified atom stereocenters. The van der Waals surface area contributed by atoms with E-state index >= 15 is 0 Å². The number of hydrogen-bond donors (Lipinski definition) is 1. The van der Waals surface area contributed by atoms with E-state index in [0.717, 1.165) is 19.3 Å². The van der Waals surface area contributed by atoms with E-state index in [0.29, 0.717) is 19.6 Å². The van der Waals surface area contributed by atoms with Gasteiger partial charge in [-0.25, -0.2) is 0 Å². The van der Waals surface area contributed by atoms with Gasteiger partial charge in [0.25, 0.3) is 0 Å². The van der Waals surface area contributed by atoms with Crippen LogP contribution in [0.3, 0.4) is 0 Å². The molecule has 0 rings (SSSR count). The third-order valence-corrected chi connectivity index (χ3v) is 10.3. The summed E-state index contributed by atoms with van der Waals surface area (Å²) >= 11 is 0. The van der Waals surface area contributed by atoms with Gasteiger partial charge >= 0.3 is 5.97 Å². The molecule has 0 spiro atoms. The Hall–Kier alpha value is -0.870. The maximum Gasteiger partial charge on any atom is 0.306 e. The van der Waals surface area contributed by atoms with Crippen LogP contribution < -0.4 is 0 Å². The summed E-state index contributed by atoms with van der Waals surface area (Å²) in [6.45, 7) is 5.38. The van der Waals surface area contributed by atoms with Crippen LogP contribution in [-0.4, -0.2) is 37.0 Å². The number of rotatable bonds is 43. The van der Waals surface area contributed by atoms with Gasteiger partial charge in [0.1, 0.15) is 6.10 Å². The molecule has 0 radical (unpaired) electrons. The summed E-state index contributed by atoms with van der Waals surface area (Å²) in [5.74, 6) is -0.196. The van der Waals surface area contributed by atoms with Crippen molar-refractivity contribution in [3.63, 3.8) is 0 Å². The summed E-state index contributed by atoms with van der Waals surface area (Å²) in [6, 6.07) is 0. The van der Waals surface area contributed by atoms with E-state index in [2.05, 4.69) is 26.0 Å². The minimum Gasteiger partial charge on any atom is -0.457 e. The summed E-state index contributed by atoms with van der Waals surface area (Å²) in [7, 11) is 0. The number of carbonyl (C=O) groups is 1. The van der Waals surface area contributed by atoms with E-state index in [1.807, 2.05) is 0 Å². The number of ether oxygens (including phenoxy) is 2. The van der Waals surface area contributed by atoms with Crippen molar-refractivity contribution < 1.29 is 19.4 Å². The van der Waals surface area contributed by atoms with E-state index < -0.39 is 6.10 Å². The second kappa shape index (κ2) is 44.3. The molecule has 0 saturated carbocycles. The average molecular weight is 707 g/mol. The molecule has 50 heavy (non-hydrogen) atoms. The van der Waals surface area contributed by atoms with E-state index in [1.165, 1.54) is 212 Å². The number of carbonyl (C=O) groups excluding carboxylic acids is 1. The van der Waals surface area contributed by atoms with Crippen LogP contribution >= 0.6 is 0 Å². The first-order valence-corrected chi connectivity index (χ1v) is 22.8. The van der Waals surface area contributed by atoms with Crippen molar-refractivity contribution in [3.8, 4) is 0 Å². The summed E-state index contributed by atoms with van der Waals surface area (Å²) < 4.78 is 11.2. The summed E-state index contributed by atoms with van der Waals surface area (Å²) in [5.41, 5.74) is 0. The molecular formula is C46H90O4. The lowest BCUT2D eigenvalue weighted by atomic mass is 10.0. The fraction of sp³-hybridized carbons (Fsp3) is 0.935. The second-order valence-electron chi connectivity index (χ2n) is 15.5. The monoisotopic (exact) mass is 707 g/mol. The van der Waals surface area contributed by atoms with Crippen molar-refractivity contribution in [3.05, 3.63) is 12.2 Å². The first kappa shape index (κ1) is 49.1. The Morgan fingerprint density at radius 2 is 0.780 bits per heavy atom. The van der Waals surface area contributed by atoms with Crippen LogP contribution in [0.4, 0.5) is 0 Å². The van der Waals surface area contributed by atoms with E-state index in [9.17, 15) is 9.90 Å². The Kier molecular flexibility index (Phi) is 43.5. The zero-order valence-corrected chi connectivity index (χ0v) is 34.2. The minimum absolute atomic E-state index is 0.168. The van der Waals surface area contributed by atoms with Gasteiger partial charge < -0.3 is 14.6 Å². The topological polar surface area (TPSA) is 55.8 Å². The highest BCUT2D eigenvalue weighted by Gasteiger charge is 2.13. The molecular weight excluding hydrogens is 617 g/mol. The van der Waals surface area contributed by atoms with Crippen LogP contribution in [0.25, 0.3) is 0 Å². The highest BCUT2D eigenvalue weighted by atomic mass is 16.6. The van der Waals surface area contributed by atoms with Crippen LogP contribution in [0.5, 0.6) is 0 Å². The number of aliphatic hydroxyl groups excluding tert-OH is 1. The Bertz CT molecular complexity index is 663. The summed E-state index contributed by atoms with van der Waals surface area (Å²) in [5, 5.41) is 9.61. The molecule has 0 heterocycles. The van der Waals surface area contributed by atoms with Crippen LogP contribution in [0.2, 0.25) is 0 Å². The number of esters is 1. The van der Waals surface area contributed by atoms with E-state index in [4.69, 9.17) is 9.47 Å². The maximum absolute atomic E-state index is 12.2. The van der Waals surface area contributed by atoms with Crippen molar-refractivity contribution in [2.24, 2.45) is 0 Å². The van der Waals surface area contributed by atoms with Gasteiger partial charge in [-0.05, 0) is 38.5 Å². The Morgan fingerprint density at radius 3 is 1.14 bits per heavy atom. The SMILES string of the molecule is CCCCCCCCC/C=C\CCCCCCCCOCC(CO)OC(=O)CCCCCCCCCCCCCCCCCCCCCCC. The average Bonchev–Trinajstić information content (AvgIpc) is 3.12. The predicted octanol–water partition coefficient (Wildman–Crippen LogP) is 14.9. The maximum atomic E-state index is 12.2. The molecule has 298 valence electrons. The van der Waals surface area contributed by atoms with Gasteiger partial charge in [-0.3, -0.25) is 4.79 Å². The lowest BCUT2D eigenvalue weighted by Crippen LogP contribution is -2.27. The molecule has 0 aromatic heterocycles. The fourth-order valence-corrected chi connectivity index (χ4v) is 6.91. The lowest BCUT2D eigenvalue weighted by molar-refractivity contribution is -0.154. The standard InChI is InChI=1S/C46H90O4/c1-3-5-7-9-11-13-15-17-19-21-22-23-24-25-27-29-31-33-35-37-39-41-46(48)50-45(43-47)44-49-42-40-38-36-34-32-30-28-26-20-18-16-14-12-10-8-6-4-2/h20,26,45,47H,3-19,21-25,27-44H2,1-2H3/b26-20-. The lowest BCUT2D eigenvalue weighted by Gasteiger charge is -2.15. The zero-order chi connectivity index (χ0) is 36.3. The molecule has 0 aromatic rings. The molecule has 0 saturated heterocycles. The largest absolute Gasteiger partial charge is 0.457 e. The quantitative estimate of drug-likeness (QED) is 0.0390. The Balaban J connectivity index is 3.37. The van der Waals surface area contributed by atoms with Crippen LogP contribution in [0.15, 0.2) is 12.2 Å². The number of unbranched alkanes of at least 4 members (excludes halogenated alkanes) is 33. The zero-order valence-electron chi connectivity index (χ0n) is 34.2. The highest BCUT2D eigenvalue weighted by molar-refractivity contribution is 5.69. The summed E-state index contributed by atoms with van der Waals surface area (Å²) in [6.07, 6.45) is 52.8. The van der Waals surface area contributed by atoms with Crippen molar-refractivity contribution in [2.45, 2.75) is 258 Å². The van der Waals surface area contributed by atoms with Gasteiger partial charge in [-0.1, -0.05) is 219 Å². The molecule has 0 amide bonds. The molecule has 0 bridgehead atoms. The van der Waals surface area contributed by atoms with Crippen molar-refractivity contribution in [1.29, 1.82) is 0 Å². The molecule has 0 fully saturated rings. The summed E-state index contributed by atoms with van der Waals surface area (Å²) in [4.78, 5) is 12.2. The normalized spacial score (nSPS) is 12.3. The van der Waals surface area contributed by atoms with E-state index in [-0.39, 0.29) is 12.6 Å². The first-order valence-electron chi connectivity index (χ1n) is 22.8.